The molecule has 2 N–H and O–H groups in total. The second-order valence-corrected chi connectivity index (χ2v) is 11.0. The van der Waals surface area contributed by atoms with Gasteiger partial charge in [-0.3, -0.25) is 13.8 Å². The molecule has 3 aromatic rings. The monoisotopic (exact) mass is 505 g/mol. The third-order valence-corrected chi connectivity index (χ3v) is 7.35. The van der Waals surface area contributed by atoms with Gasteiger partial charge in [0.15, 0.2) is 0 Å². The lowest BCUT2D eigenvalue weighted by molar-refractivity contribution is -0.116. The molecule has 11 heteroatoms. The molecule has 3 aromatic carbocycles. The van der Waals surface area contributed by atoms with Crippen LogP contribution in [0.3, 0.4) is 0 Å². The number of carbonyl (C=O) groups excluding carboxylic acids is 1. The van der Waals surface area contributed by atoms with E-state index in [0.29, 0.717) is 17.8 Å². The number of anilines is 3. The molecular formula is C23H24FN3O5S2. The molecule has 0 saturated heterocycles. The normalized spacial score (nSPS) is 11.6. The fraction of sp³-hybridized carbons (Fsp3) is 0.174. The number of sulfonamides is 2. The van der Waals surface area contributed by atoms with Crippen molar-refractivity contribution in [1.82, 2.24) is 0 Å². The van der Waals surface area contributed by atoms with Gasteiger partial charge >= 0.3 is 0 Å². The Morgan fingerprint density at radius 3 is 2.03 bits per heavy atom. The molecule has 0 radical (unpaired) electrons. The zero-order valence-electron chi connectivity index (χ0n) is 18.3. The van der Waals surface area contributed by atoms with E-state index in [1.54, 1.807) is 30.3 Å². The van der Waals surface area contributed by atoms with Crippen LogP contribution in [-0.4, -0.2) is 35.5 Å². The van der Waals surface area contributed by atoms with Gasteiger partial charge in [0.1, 0.15) is 5.82 Å². The predicted octanol–water partition coefficient (Wildman–Crippen LogP) is 3.81. The summed E-state index contributed by atoms with van der Waals surface area (Å²) in [7, 11) is -7.38. The number of benzene rings is 3. The first-order valence-electron chi connectivity index (χ1n) is 10.3. The number of nitrogens with one attached hydrogen (secondary N) is 2. The van der Waals surface area contributed by atoms with Crippen molar-refractivity contribution in [3.63, 3.8) is 0 Å². The first-order chi connectivity index (χ1) is 16.0. The van der Waals surface area contributed by atoms with Gasteiger partial charge in [-0.05, 0) is 67.1 Å². The number of amides is 1. The molecular weight excluding hydrogens is 481 g/mol. The quantitative estimate of drug-likeness (QED) is 0.435. The Morgan fingerprint density at radius 1 is 0.853 bits per heavy atom. The van der Waals surface area contributed by atoms with E-state index in [0.717, 1.165) is 18.4 Å². The highest BCUT2D eigenvalue weighted by Gasteiger charge is 2.18. The van der Waals surface area contributed by atoms with Gasteiger partial charge in [0.2, 0.25) is 15.9 Å². The van der Waals surface area contributed by atoms with Gasteiger partial charge in [0.25, 0.3) is 10.0 Å². The van der Waals surface area contributed by atoms with Crippen molar-refractivity contribution in [3.8, 4) is 0 Å². The molecule has 0 aliphatic carbocycles. The summed E-state index contributed by atoms with van der Waals surface area (Å²) in [4.78, 5) is 12.3. The van der Waals surface area contributed by atoms with Crippen LogP contribution >= 0.6 is 0 Å². The van der Waals surface area contributed by atoms with Crippen LogP contribution in [0.2, 0.25) is 0 Å². The maximum absolute atomic E-state index is 13.0. The van der Waals surface area contributed by atoms with E-state index >= 15 is 0 Å². The Morgan fingerprint density at radius 2 is 1.44 bits per heavy atom. The molecule has 180 valence electrons. The summed E-state index contributed by atoms with van der Waals surface area (Å²) in [5, 5.41) is 2.66. The smallest absolute Gasteiger partial charge is 0.261 e. The van der Waals surface area contributed by atoms with Crippen LogP contribution in [0.1, 0.15) is 12.8 Å². The minimum Gasteiger partial charge on any atom is -0.326 e. The number of carbonyl (C=O) groups is 1. The van der Waals surface area contributed by atoms with Crippen LogP contribution in [0.4, 0.5) is 21.5 Å². The van der Waals surface area contributed by atoms with Crippen molar-refractivity contribution in [2.24, 2.45) is 0 Å². The number of hydrogen-bond donors (Lipinski definition) is 2. The Bertz CT molecular complexity index is 1330. The Hall–Kier alpha value is -3.44. The molecule has 0 aromatic heterocycles. The maximum Gasteiger partial charge on any atom is 0.261 e. The fourth-order valence-corrected chi connectivity index (χ4v) is 5.16. The molecule has 0 heterocycles. The third kappa shape index (κ3) is 7.03. The number of rotatable bonds is 10. The topological polar surface area (TPSA) is 113 Å². The second-order valence-electron chi connectivity index (χ2n) is 7.46. The van der Waals surface area contributed by atoms with Gasteiger partial charge in [-0.15, -0.1) is 0 Å². The van der Waals surface area contributed by atoms with E-state index in [-0.39, 0.29) is 29.5 Å². The van der Waals surface area contributed by atoms with Gasteiger partial charge < -0.3 is 5.32 Å². The lowest BCUT2D eigenvalue weighted by atomic mass is 10.2. The lowest BCUT2D eigenvalue weighted by Gasteiger charge is -2.22. The molecule has 0 aliphatic heterocycles. The largest absolute Gasteiger partial charge is 0.326 e. The molecule has 0 saturated carbocycles. The van der Waals surface area contributed by atoms with E-state index < -0.39 is 25.9 Å². The van der Waals surface area contributed by atoms with Crippen LogP contribution in [0.5, 0.6) is 0 Å². The van der Waals surface area contributed by atoms with Crippen molar-refractivity contribution in [2.75, 3.05) is 27.1 Å². The van der Waals surface area contributed by atoms with Crippen molar-refractivity contribution >= 4 is 43.0 Å². The molecule has 8 nitrogen and oxygen atoms in total. The van der Waals surface area contributed by atoms with E-state index in [2.05, 4.69) is 10.0 Å². The Balaban J connectivity index is 1.55. The minimum atomic E-state index is -3.88. The van der Waals surface area contributed by atoms with Crippen molar-refractivity contribution in [2.45, 2.75) is 17.7 Å². The molecule has 0 atom stereocenters. The highest BCUT2D eigenvalue weighted by molar-refractivity contribution is 7.92. The first kappa shape index (κ1) is 25.2. The van der Waals surface area contributed by atoms with E-state index in [9.17, 15) is 26.0 Å². The zero-order chi connectivity index (χ0) is 24.8. The molecule has 1 amide bonds. The number of para-hydroxylation sites is 1. The van der Waals surface area contributed by atoms with Crippen LogP contribution in [0.15, 0.2) is 83.8 Å². The second kappa shape index (κ2) is 10.7. The average Bonchev–Trinajstić information content (AvgIpc) is 2.78. The van der Waals surface area contributed by atoms with Gasteiger partial charge in [0, 0.05) is 24.3 Å². The van der Waals surface area contributed by atoms with Crippen LogP contribution in [0.25, 0.3) is 0 Å². The van der Waals surface area contributed by atoms with Crippen molar-refractivity contribution in [3.05, 3.63) is 84.7 Å². The molecule has 3 rings (SSSR count). The molecule has 0 aliphatic rings. The SMILES string of the molecule is CS(=O)(=O)N(CCCC(=O)Nc1ccc(S(=O)(=O)Nc2ccc(F)cc2)cc1)c1ccccc1. The third-order valence-electron chi connectivity index (χ3n) is 4.75. The molecule has 0 spiro atoms. The summed E-state index contributed by atoms with van der Waals surface area (Å²) >= 11 is 0. The number of nitrogens with zero attached hydrogens (tertiary/aromatic N) is 1. The van der Waals surface area contributed by atoms with Gasteiger partial charge in [-0.1, -0.05) is 18.2 Å². The number of hydrogen-bond acceptors (Lipinski definition) is 5. The molecule has 0 fully saturated rings. The summed E-state index contributed by atoms with van der Waals surface area (Å²) < 4.78 is 65.7. The lowest BCUT2D eigenvalue weighted by Crippen LogP contribution is -2.31. The van der Waals surface area contributed by atoms with Crippen LogP contribution in [-0.2, 0) is 24.8 Å². The molecule has 0 unspecified atom stereocenters. The summed E-state index contributed by atoms with van der Waals surface area (Å²) in [5.74, 6) is -0.811. The predicted molar refractivity (Wildman–Crippen MR) is 130 cm³/mol. The summed E-state index contributed by atoms with van der Waals surface area (Å²) in [6.07, 6.45) is 1.48. The summed E-state index contributed by atoms with van der Waals surface area (Å²) in [6, 6.07) is 19.1. The highest BCUT2D eigenvalue weighted by atomic mass is 32.2. The van der Waals surface area contributed by atoms with Gasteiger partial charge in [0.05, 0.1) is 16.8 Å². The molecule has 0 bridgehead atoms. The van der Waals surface area contributed by atoms with Gasteiger partial charge in [-0.2, -0.15) is 0 Å². The Kier molecular flexibility index (Phi) is 7.90. The Labute approximate surface area is 198 Å². The summed E-state index contributed by atoms with van der Waals surface area (Å²) in [6.45, 7) is 0.141. The average molecular weight is 506 g/mol. The van der Waals surface area contributed by atoms with Crippen LogP contribution < -0.4 is 14.3 Å². The van der Waals surface area contributed by atoms with E-state index in [1.165, 1.54) is 40.7 Å². The highest BCUT2D eigenvalue weighted by Crippen LogP contribution is 2.20. The van der Waals surface area contributed by atoms with E-state index in [4.69, 9.17) is 0 Å². The van der Waals surface area contributed by atoms with Crippen molar-refractivity contribution in [1.29, 1.82) is 0 Å². The van der Waals surface area contributed by atoms with Crippen LogP contribution in [0, 0.1) is 5.82 Å². The standard InChI is InChI=1S/C23H24FN3O5S2/c1-33(29,30)27(21-6-3-2-4-7-21)17-5-8-23(28)25-19-13-15-22(16-14-19)34(31,32)26-20-11-9-18(24)10-12-20/h2-4,6-7,9-16,26H,5,8,17H2,1H3,(H,25,28). The summed E-state index contributed by atoms with van der Waals surface area (Å²) in [5.41, 5.74) is 1.14. The van der Waals surface area contributed by atoms with E-state index in [1.807, 2.05) is 0 Å². The minimum absolute atomic E-state index is 0.0264. The molecule has 34 heavy (non-hydrogen) atoms. The zero-order valence-corrected chi connectivity index (χ0v) is 19.9. The number of halogens is 1. The maximum atomic E-state index is 13.0. The fourth-order valence-electron chi connectivity index (χ4n) is 3.14. The first-order valence-corrected chi connectivity index (χ1v) is 13.6. The van der Waals surface area contributed by atoms with Crippen molar-refractivity contribution < 1.29 is 26.0 Å². The van der Waals surface area contributed by atoms with Gasteiger partial charge in [-0.25, -0.2) is 21.2 Å².